The van der Waals surface area contributed by atoms with Crippen LogP contribution in [0.4, 0.5) is 0 Å². The number of aryl methyl sites for hydroxylation is 2. The maximum Gasteiger partial charge on any atom is 0.274 e. The summed E-state index contributed by atoms with van der Waals surface area (Å²) in [6.45, 7) is 7.09. The van der Waals surface area contributed by atoms with Gasteiger partial charge >= 0.3 is 0 Å². The van der Waals surface area contributed by atoms with Crippen LogP contribution in [0.15, 0.2) is 17.8 Å². The van der Waals surface area contributed by atoms with Gasteiger partial charge in [-0.05, 0) is 26.7 Å². The molecule has 2 saturated heterocycles. The SMILES string of the molecule is Cc1cnc(C(=O)N2CCC3(CC2)C(=O)N(C)CCN3Cc2csc(C)n2)cn1. The molecular weight excluding hydrogens is 388 g/mol. The van der Waals surface area contributed by atoms with Crippen molar-refractivity contribution in [2.24, 2.45) is 0 Å². The first-order chi connectivity index (χ1) is 13.9. The van der Waals surface area contributed by atoms with E-state index in [-0.39, 0.29) is 11.8 Å². The molecule has 2 aromatic heterocycles. The first-order valence-electron chi connectivity index (χ1n) is 9.88. The molecule has 0 atom stereocenters. The minimum absolute atomic E-state index is 0.120. The number of carbonyl (C=O) groups excluding carboxylic acids is 2. The number of amides is 2. The van der Waals surface area contributed by atoms with Gasteiger partial charge in [-0.2, -0.15) is 0 Å². The number of hydrogen-bond donors (Lipinski definition) is 0. The van der Waals surface area contributed by atoms with Gasteiger partial charge in [-0.1, -0.05) is 0 Å². The first-order valence-corrected chi connectivity index (χ1v) is 10.8. The van der Waals surface area contributed by atoms with E-state index >= 15 is 0 Å². The number of carbonyl (C=O) groups is 2. The number of rotatable bonds is 3. The van der Waals surface area contributed by atoms with Crippen LogP contribution in [0.25, 0.3) is 0 Å². The molecule has 2 aliphatic rings. The van der Waals surface area contributed by atoms with E-state index < -0.39 is 5.54 Å². The Kier molecular flexibility index (Phi) is 5.35. The van der Waals surface area contributed by atoms with Crippen molar-refractivity contribution in [3.63, 3.8) is 0 Å². The number of likely N-dealkylation sites (N-methyl/N-ethyl adjacent to an activating group) is 1. The third kappa shape index (κ3) is 3.76. The average molecular weight is 415 g/mol. The summed E-state index contributed by atoms with van der Waals surface area (Å²) in [5.74, 6) is 0.0311. The van der Waals surface area contributed by atoms with Crippen LogP contribution in [-0.4, -0.2) is 80.2 Å². The molecule has 1 spiro atoms. The fraction of sp³-hybridized carbons (Fsp3) is 0.550. The monoisotopic (exact) mass is 414 g/mol. The minimum atomic E-state index is -0.569. The number of piperidine rings is 1. The molecule has 2 aromatic rings. The minimum Gasteiger partial charge on any atom is -0.343 e. The van der Waals surface area contributed by atoms with Crippen LogP contribution in [0.2, 0.25) is 0 Å². The second kappa shape index (κ2) is 7.79. The van der Waals surface area contributed by atoms with E-state index in [4.69, 9.17) is 0 Å². The van der Waals surface area contributed by atoms with E-state index in [0.29, 0.717) is 44.7 Å². The molecule has 0 N–H and O–H groups in total. The van der Waals surface area contributed by atoms with E-state index in [9.17, 15) is 9.59 Å². The summed E-state index contributed by atoms with van der Waals surface area (Å²) >= 11 is 1.63. The van der Waals surface area contributed by atoms with E-state index in [1.54, 1.807) is 22.4 Å². The summed E-state index contributed by atoms with van der Waals surface area (Å²) in [6.07, 6.45) is 4.36. The van der Waals surface area contributed by atoms with E-state index in [2.05, 4.69) is 25.2 Å². The Morgan fingerprint density at radius 2 is 1.90 bits per heavy atom. The topological polar surface area (TPSA) is 82.5 Å². The molecule has 9 heteroatoms. The summed E-state index contributed by atoms with van der Waals surface area (Å²) in [7, 11) is 1.87. The maximum absolute atomic E-state index is 13.2. The van der Waals surface area contributed by atoms with Crippen molar-refractivity contribution in [1.82, 2.24) is 29.7 Å². The smallest absolute Gasteiger partial charge is 0.274 e. The number of piperazine rings is 1. The van der Waals surface area contributed by atoms with Gasteiger partial charge in [0, 0.05) is 51.3 Å². The lowest BCUT2D eigenvalue weighted by Gasteiger charge is -2.52. The van der Waals surface area contributed by atoms with Gasteiger partial charge < -0.3 is 9.80 Å². The summed E-state index contributed by atoms with van der Waals surface area (Å²) in [5.41, 5.74) is 1.58. The predicted octanol–water partition coefficient (Wildman–Crippen LogP) is 1.50. The summed E-state index contributed by atoms with van der Waals surface area (Å²) in [6, 6.07) is 0. The van der Waals surface area contributed by atoms with Gasteiger partial charge in [0.15, 0.2) is 0 Å². The van der Waals surface area contributed by atoms with Crippen LogP contribution in [-0.2, 0) is 11.3 Å². The van der Waals surface area contributed by atoms with Crippen LogP contribution in [0.3, 0.4) is 0 Å². The molecule has 4 rings (SSSR count). The molecule has 0 unspecified atom stereocenters. The number of likely N-dealkylation sites (tertiary alicyclic amines) is 1. The van der Waals surface area contributed by atoms with Crippen molar-refractivity contribution in [3.8, 4) is 0 Å². The largest absolute Gasteiger partial charge is 0.343 e. The van der Waals surface area contributed by atoms with Crippen molar-refractivity contribution in [1.29, 1.82) is 0 Å². The van der Waals surface area contributed by atoms with E-state index in [0.717, 1.165) is 22.9 Å². The Labute approximate surface area is 174 Å². The Balaban J connectivity index is 1.51. The van der Waals surface area contributed by atoms with Crippen molar-refractivity contribution < 1.29 is 9.59 Å². The second-order valence-corrected chi connectivity index (χ2v) is 8.94. The molecule has 0 aliphatic carbocycles. The molecule has 0 bridgehead atoms. The maximum atomic E-state index is 13.2. The summed E-state index contributed by atoms with van der Waals surface area (Å²) < 4.78 is 0. The van der Waals surface area contributed by atoms with Gasteiger partial charge in [-0.3, -0.25) is 19.5 Å². The average Bonchev–Trinajstić information content (AvgIpc) is 3.14. The number of aromatic nitrogens is 3. The molecule has 0 saturated carbocycles. The molecule has 2 fully saturated rings. The molecule has 0 radical (unpaired) electrons. The molecular formula is C20H26N6O2S. The van der Waals surface area contributed by atoms with Crippen molar-refractivity contribution >= 4 is 23.2 Å². The van der Waals surface area contributed by atoms with Crippen LogP contribution in [0, 0.1) is 13.8 Å². The Morgan fingerprint density at radius 1 is 1.14 bits per heavy atom. The van der Waals surface area contributed by atoms with Gasteiger partial charge in [0.05, 0.1) is 22.6 Å². The van der Waals surface area contributed by atoms with Crippen LogP contribution < -0.4 is 0 Å². The predicted molar refractivity (Wildman–Crippen MR) is 110 cm³/mol. The Bertz CT molecular complexity index is 904. The highest BCUT2D eigenvalue weighted by Crippen LogP contribution is 2.35. The molecule has 0 aromatic carbocycles. The molecule has 2 aliphatic heterocycles. The molecule has 8 nitrogen and oxygen atoms in total. The van der Waals surface area contributed by atoms with Crippen LogP contribution in [0.1, 0.15) is 39.7 Å². The Hall–Kier alpha value is -2.39. The van der Waals surface area contributed by atoms with Crippen LogP contribution >= 0.6 is 11.3 Å². The van der Waals surface area contributed by atoms with Gasteiger partial charge in [-0.15, -0.1) is 11.3 Å². The van der Waals surface area contributed by atoms with Crippen molar-refractivity contribution in [2.45, 2.75) is 38.8 Å². The number of nitrogens with zero attached hydrogens (tertiary/aromatic N) is 6. The lowest BCUT2D eigenvalue weighted by molar-refractivity contribution is -0.154. The van der Waals surface area contributed by atoms with Gasteiger partial charge in [0.25, 0.3) is 5.91 Å². The third-order valence-electron chi connectivity index (χ3n) is 5.95. The zero-order valence-corrected chi connectivity index (χ0v) is 17.9. The highest BCUT2D eigenvalue weighted by atomic mass is 32.1. The quantitative estimate of drug-likeness (QED) is 0.757. The van der Waals surface area contributed by atoms with Gasteiger partial charge in [0.1, 0.15) is 11.2 Å². The Morgan fingerprint density at radius 3 is 2.52 bits per heavy atom. The van der Waals surface area contributed by atoms with E-state index in [1.165, 1.54) is 6.20 Å². The standard InChI is InChI=1S/C20H26N6O2S/c1-14-10-22-17(11-21-14)18(27)25-6-4-20(5-7-25)19(28)24(3)8-9-26(20)12-16-13-29-15(2)23-16/h10-11,13H,4-9,12H2,1-3H3. The molecule has 4 heterocycles. The molecule has 154 valence electrons. The van der Waals surface area contributed by atoms with Gasteiger partial charge in [0.2, 0.25) is 5.91 Å². The number of hydrogen-bond acceptors (Lipinski definition) is 7. The summed E-state index contributed by atoms with van der Waals surface area (Å²) in [5, 5.41) is 3.11. The zero-order valence-electron chi connectivity index (χ0n) is 17.1. The first kappa shape index (κ1) is 19.9. The van der Waals surface area contributed by atoms with Crippen molar-refractivity contribution in [3.05, 3.63) is 39.9 Å². The molecule has 29 heavy (non-hydrogen) atoms. The van der Waals surface area contributed by atoms with Crippen LogP contribution in [0.5, 0.6) is 0 Å². The molecule has 2 amide bonds. The fourth-order valence-corrected chi connectivity index (χ4v) is 4.86. The third-order valence-corrected chi connectivity index (χ3v) is 6.78. The lowest BCUT2D eigenvalue weighted by atomic mass is 9.82. The zero-order chi connectivity index (χ0) is 20.6. The fourth-order valence-electron chi connectivity index (χ4n) is 4.26. The lowest BCUT2D eigenvalue weighted by Crippen LogP contribution is -2.68. The van der Waals surface area contributed by atoms with Gasteiger partial charge in [-0.25, -0.2) is 9.97 Å². The normalized spacial score (nSPS) is 19.8. The summed E-state index contributed by atoms with van der Waals surface area (Å²) in [4.78, 5) is 44.9. The second-order valence-electron chi connectivity index (χ2n) is 7.87. The van der Waals surface area contributed by atoms with E-state index in [1.807, 2.05) is 25.8 Å². The highest BCUT2D eigenvalue weighted by Gasteiger charge is 2.50. The number of thiazole rings is 1. The highest BCUT2D eigenvalue weighted by molar-refractivity contribution is 7.09. The van der Waals surface area contributed by atoms with Crippen molar-refractivity contribution in [2.75, 3.05) is 33.2 Å².